The van der Waals surface area contributed by atoms with Crippen LogP contribution in [0.4, 0.5) is 5.69 Å². The highest BCUT2D eigenvalue weighted by molar-refractivity contribution is 7.86. The summed E-state index contributed by atoms with van der Waals surface area (Å²) in [5.41, 5.74) is 0.789. The van der Waals surface area contributed by atoms with E-state index in [1.807, 2.05) is 41.5 Å². The number of hydrogen-bond donors (Lipinski definition) is 0. The van der Waals surface area contributed by atoms with Crippen LogP contribution >= 0.6 is 0 Å². The van der Waals surface area contributed by atoms with Gasteiger partial charge in [0, 0.05) is 11.1 Å². The van der Waals surface area contributed by atoms with Crippen molar-refractivity contribution in [3.05, 3.63) is 28.2 Å². The van der Waals surface area contributed by atoms with E-state index in [0.717, 1.165) is 6.26 Å². The van der Waals surface area contributed by atoms with Crippen LogP contribution in [0.2, 0.25) is 0 Å². The van der Waals surface area contributed by atoms with Crippen molar-refractivity contribution in [2.75, 3.05) is 6.26 Å². The Balaban J connectivity index is 3.80. The van der Waals surface area contributed by atoms with Gasteiger partial charge in [-0.15, -0.1) is 4.91 Å². The molecule has 0 bridgehead atoms. The minimum Gasteiger partial charge on any atom is -0.382 e. The summed E-state index contributed by atoms with van der Waals surface area (Å²) >= 11 is 0. The van der Waals surface area contributed by atoms with E-state index in [1.165, 1.54) is 0 Å². The van der Waals surface area contributed by atoms with Crippen molar-refractivity contribution in [3.8, 4) is 5.75 Å². The lowest BCUT2D eigenvalue weighted by molar-refractivity contribution is 0.459. The van der Waals surface area contributed by atoms with Gasteiger partial charge >= 0.3 is 10.1 Å². The average molecular weight is 313 g/mol. The highest BCUT2D eigenvalue weighted by Gasteiger charge is 2.30. The van der Waals surface area contributed by atoms with Crippen LogP contribution in [-0.2, 0) is 20.9 Å². The summed E-state index contributed by atoms with van der Waals surface area (Å²) in [6, 6.07) is 3.17. The van der Waals surface area contributed by atoms with Gasteiger partial charge in [0.1, 0.15) is 11.4 Å². The molecule has 0 fully saturated rings. The first-order valence-corrected chi connectivity index (χ1v) is 8.49. The molecule has 0 heterocycles. The Bertz CT molecular complexity index is 614. The monoisotopic (exact) mass is 313 g/mol. The van der Waals surface area contributed by atoms with Gasteiger partial charge in [0.2, 0.25) is 0 Å². The van der Waals surface area contributed by atoms with E-state index < -0.39 is 10.1 Å². The highest BCUT2D eigenvalue weighted by Crippen LogP contribution is 2.42. The predicted octanol–water partition coefficient (Wildman–Crippen LogP) is 4.02. The molecule has 21 heavy (non-hydrogen) atoms. The molecule has 0 amide bonds. The lowest BCUT2D eigenvalue weighted by Crippen LogP contribution is -2.21. The van der Waals surface area contributed by atoms with Gasteiger partial charge in [0.05, 0.1) is 6.26 Å². The first-order valence-electron chi connectivity index (χ1n) is 6.67. The summed E-state index contributed by atoms with van der Waals surface area (Å²) in [7, 11) is -3.67. The van der Waals surface area contributed by atoms with Crippen LogP contribution in [0, 0.1) is 4.91 Å². The van der Waals surface area contributed by atoms with Gasteiger partial charge in [-0.3, -0.25) is 0 Å². The molecule has 118 valence electrons. The lowest BCUT2D eigenvalue weighted by Gasteiger charge is -2.29. The van der Waals surface area contributed by atoms with Crippen molar-refractivity contribution in [1.29, 1.82) is 0 Å². The van der Waals surface area contributed by atoms with Crippen molar-refractivity contribution in [1.82, 2.24) is 0 Å². The molecule has 0 saturated carbocycles. The summed E-state index contributed by atoms with van der Waals surface area (Å²) in [4.78, 5) is 11.0. The molecule has 6 heteroatoms. The van der Waals surface area contributed by atoms with Gasteiger partial charge in [-0.1, -0.05) is 41.5 Å². The summed E-state index contributed by atoms with van der Waals surface area (Å²) in [6.07, 6.45) is 1.01. The van der Waals surface area contributed by atoms with Crippen molar-refractivity contribution in [2.24, 2.45) is 5.18 Å². The zero-order valence-corrected chi connectivity index (χ0v) is 14.5. The average Bonchev–Trinajstić information content (AvgIpc) is 2.23. The van der Waals surface area contributed by atoms with Gasteiger partial charge in [0.25, 0.3) is 0 Å². The van der Waals surface area contributed by atoms with Crippen LogP contribution in [-0.4, -0.2) is 14.7 Å². The Morgan fingerprint density at radius 2 is 1.33 bits per heavy atom. The SMILES string of the molecule is CC(C)(C)c1cc(N=O)cc(C(C)(C)C)c1OS(C)(=O)=O. The highest BCUT2D eigenvalue weighted by atomic mass is 32.2. The van der Waals surface area contributed by atoms with Gasteiger partial charge in [-0.2, -0.15) is 8.42 Å². The molecule has 0 aliphatic carbocycles. The standard InChI is InChI=1S/C15H23NO4S/c1-14(2,3)11-8-10(16-17)9-12(15(4,5)6)13(11)20-21(7,18)19/h8-9H,1-7H3. The Hall–Kier alpha value is -1.43. The molecular weight excluding hydrogens is 290 g/mol. The number of benzene rings is 1. The molecule has 0 spiro atoms. The molecule has 0 N–H and O–H groups in total. The third-order valence-electron chi connectivity index (χ3n) is 3.03. The Kier molecular flexibility index (Phi) is 4.53. The molecule has 0 aliphatic rings. The maximum Gasteiger partial charge on any atom is 0.306 e. The van der Waals surface area contributed by atoms with Gasteiger partial charge < -0.3 is 4.18 Å². The Morgan fingerprint density at radius 3 is 1.57 bits per heavy atom. The topological polar surface area (TPSA) is 72.8 Å². The van der Waals surface area contributed by atoms with Crippen molar-refractivity contribution >= 4 is 15.8 Å². The first-order chi connectivity index (χ1) is 9.25. The van der Waals surface area contributed by atoms with Crippen LogP contribution in [0.1, 0.15) is 52.7 Å². The van der Waals surface area contributed by atoms with E-state index in [1.54, 1.807) is 12.1 Å². The van der Waals surface area contributed by atoms with E-state index in [2.05, 4.69) is 5.18 Å². The Labute approximate surface area is 126 Å². The molecule has 0 aliphatic heterocycles. The van der Waals surface area contributed by atoms with Crippen molar-refractivity contribution in [2.45, 2.75) is 52.4 Å². The van der Waals surface area contributed by atoms with E-state index in [4.69, 9.17) is 4.18 Å². The van der Waals surface area contributed by atoms with Gasteiger partial charge in [0.15, 0.2) is 0 Å². The molecule has 0 atom stereocenters. The zero-order chi connectivity index (χ0) is 16.6. The number of nitrogens with zero attached hydrogens (tertiary/aromatic N) is 1. The summed E-state index contributed by atoms with van der Waals surface area (Å²) in [6.45, 7) is 11.6. The largest absolute Gasteiger partial charge is 0.382 e. The van der Waals surface area contributed by atoms with Crippen LogP contribution < -0.4 is 4.18 Å². The van der Waals surface area contributed by atoms with Crippen molar-refractivity contribution < 1.29 is 12.6 Å². The molecule has 0 radical (unpaired) electrons. The fraction of sp³-hybridized carbons (Fsp3) is 0.600. The van der Waals surface area contributed by atoms with E-state index >= 15 is 0 Å². The molecule has 1 aromatic rings. The van der Waals surface area contributed by atoms with E-state index in [-0.39, 0.29) is 16.5 Å². The fourth-order valence-corrected chi connectivity index (χ4v) is 2.50. The minimum atomic E-state index is -3.67. The van der Waals surface area contributed by atoms with Crippen LogP contribution in [0.15, 0.2) is 17.3 Å². The van der Waals surface area contributed by atoms with Gasteiger partial charge in [-0.05, 0) is 28.1 Å². The van der Waals surface area contributed by atoms with Crippen LogP contribution in [0.25, 0.3) is 0 Å². The lowest BCUT2D eigenvalue weighted by atomic mass is 9.79. The maximum atomic E-state index is 11.6. The number of hydrogen-bond acceptors (Lipinski definition) is 5. The normalized spacial score (nSPS) is 13.1. The Morgan fingerprint density at radius 1 is 0.952 bits per heavy atom. The maximum absolute atomic E-state index is 11.6. The predicted molar refractivity (Wildman–Crippen MR) is 84.8 cm³/mol. The third-order valence-corrected chi connectivity index (χ3v) is 3.50. The minimum absolute atomic E-state index is 0.269. The molecule has 0 unspecified atom stereocenters. The molecule has 0 saturated heterocycles. The second-order valence-electron chi connectivity index (χ2n) is 7.25. The van der Waals surface area contributed by atoms with E-state index in [9.17, 15) is 13.3 Å². The van der Waals surface area contributed by atoms with Crippen LogP contribution in [0.3, 0.4) is 0 Å². The quantitative estimate of drug-likeness (QED) is 0.624. The molecule has 1 rings (SSSR count). The summed E-state index contributed by atoms with van der Waals surface area (Å²) < 4.78 is 28.5. The molecule has 0 aromatic heterocycles. The summed E-state index contributed by atoms with van der Waals surface area (Å²) in [5.74, 6) is 0.296. The fourth-order valence-electron chi connectivity index (χ4n) is 2.02. The second-order valence-corrected chi connectivity index (χ2v) is 8.82. The zero-order valence-electron chi connectivity index (χ0n) is 13.6. The van der Waals surface area contributed by atoms with E-state index in [0.29, 0.717) is 16.9 Å². The smallest absolute Gasteiger partial charge is 0.306 e. The number of nitroso groups, excluding NO2 is 1. The number of rotatable bonds is 3. The first kappa shape index (κ1) is 17.6. The third kappa shape index (κ3) is 4.52. The molecule has 5 nitrogen and oxygen atoms in total. The van der Waals surface area contributed by atoms with Crippen molar-refractivity contribution in [3.63, 3.8) is 0 Å². The van der Waals surface area contributed by atoms with Gasteiger partial charge in [-0.25, -0.2) is 0 Å². The molecular formula is C15H23NO4S. The van der Waals surface area contributed by atoms with Crippen LogP contribution in [0.5, 0.6) is 5.75 Å². The second kappa shape index (κ2) is 5.40. The molecule has 1 aromatic carbocycles. The summed E-state index contributed by atoms with van der Waals surface area (Å²) in [5, 5.41) is 3.00.